The molecule has 2 unspecified atom stereocenters. The Balaban J connectivity index is 2.55. The fraction of sp³-hybridized carbons (Fsp3) is 0.619. The Morgan fingerprint density at radius 2 is 1.86 bits per heavy atom. The minimum Gasteiger partial charge on any atom is -0.497 e. The molecular weight excluding hydrogens is 378 g/mol. The lowest BCUT2D eigenvalue weighted by molar-refractivity contribution is -0.150. The average Bonchev–Trinajstić information content (AvgIpc) is 2.98. The number of carboxylic acid groups (broad SMARTS) is 1. The van der Waals surface area contributed by atoms with Gasteiger partial charge in [-0.1, -0.05) is 13.8 Å². The normalized spacial score (nSPS) is 21.9. The van der Waals surface area contributed by atoms with Gasteiger partial charge in [-0.25, -0.2) is 9.59 Å². The molecule has 0 aromatic heterocycles. The van der Waals surface area contributed by atoms with E-state index < -0.39 is 36.0 Å². The van der Waals surface area contributed by atoms with Crippen LogP contribution in [0, 0.1) is 5.92 Å². The number of rotatable bonds is 6. The van der Waals surface area contributed by atoms with Gasteiger partial charge in [0.15, 0.2) is 12.3 Å². The van der Waals surface area contributed by atoms with Gasteiger partial charge in [0, 0.05) is 11.6 Å². The number of hydrogen-bond acceptors (Lipinski definition) is 6. The van der Waals surface area contributed by atoms with Gasteiger partial charge < -0.3 is 24.1 Å². The van der Waals surface area contributed by atoms with Crippen molar-refractivity contribution in [2.75, 3.05) is 14.2 Å². The van der Waals surface area contributed by atoms with Crippen LogP contribution in [0.4, 0.5) is 4.79 Å². The van der Waals surface area contributed by atoms with Crippen LogP contribution in [0.15, 0.2) is 18.2 Å². The zero-order chi connectivity index (χ0) is 21.9. The summed E-state index contributed by atoms with van der Waals surface area (Å²) in [5.41, 5.74) is -0.216. The number of methoxy groups -OCH3 is 2. The fourth-order valence-corrected chi connectivity index (χ4v) is 3.35. The summed E-state index contributed by atoms with van der Waals surface area (Å²) in [6.45, 7) is 9.21. The number of carbonyl (C=O) groups is 2. The highest BCUT2D eigenvalue weighted by molar-refractivity contribution is 5.77. The second-order valence-electron chi connectivity index (χ2n) is 8.44. The number of benzene rings is 1. The fourth-order valence-electron chi connectivity index (χ4n) is 3.35. The van der Waals surface area contributed by atoms with Crippen LogP contribution >= 0.6 is 0 Å². The Labute approximate surface area is 171 Å². The van der Waals surface area contributed by atoms with E-state index in [1.165, 1.54) is 19.1 Å². The predicted octanol–water partition coefficient (Wildman–Crippen LogP) is 3.84. The first kappa shape index (κ1) is 22.8. The molecule has 0 radical (unpaired) electrons. The van der Waals surface area contributed by atoms with Crippen molar-refractivity contribution in [2.45, 2.75) is 65.0 Å². The third-order valence-corrected chi connectivity index (χ3v) is 4.50. The van der Waals surface area contributed by atoms with Crippen LogP contribution in [0.3, 0.4) is 0 Å². The van der Waals surface area contributed by atoms with Crippen molar-refractivity contribution >= 4 is 12.1 Å². The molecule has 1 N–H and O–H groups in total. The maximum atomic E-state index is 13.1. The molecule has 0 aliphatic carbocycles. The molecular formula is C21H31NO7. The van der Waals surface area contributed by atoms with Crippen LogP contribution in [0.25, 0.3) is 0 Å². The van der Waals surface area contributed by atoms with E-state index in [0.717, 1.165) is 0 Å². The number of ether oxygens (including phenoxy) is 4. The van der Waals surface area contributed by atoms with E-state index in [1.807, 2.05) is 13.8 Å². The highest BCUT2D eigenvalue weighted by Gasteiger charge is 2.51. The van der Waals surface area contributed by atoms with Gasteiger partial charge in [-0.2, -0.15) is 0 Å². The Morgan fingerprint density at radius 3 is 2.34 bits per heavy atom. The van der Waals surface area contributed by atoms with Gasteiger partial charge in [0.05, 0.1) is 20.3 Å². The van der Waals surface area contributed by atoms with Gasteiger partial charge in [-0.05, 0) is 45.2 Å². The van der Waals surface area contributed by atoms with E-state index >= 15 is 0 Å². The molecule has 8 nitrogen and oxygen atoms in total. The van der Waals surface area contributed by atoms with Crippen molar-refractivity contribution < 1.29 is 33.6 Å². The zero-order valence-electron chi connectivity index (χ0n) is 18.1. The van der Waals surface area contributed by atoms with Gasteiger partial charge in [0.2, 0.25) is 0 Å². The molecule has 29 heavy (non-hydrogen) atoms. The number of aliphatic carboxylic acids is 1. The topological polar surface area (TPSA) is 94.5 Å². The summed E-state index contributed by atoms with van der Waals surface area (Å²) < 4.78 is 22.2. The van der Waals surface area contributed by atoms with Gasteiger partial charge in [0.25, 0.3) is 0 Å². The summed E-state index contributed by atoms with van der Waals surface area (Å²) >= 11 is 0. The summed E-state index contributed by atoms with van der Waals surface area (Å²) in [6, 6.07) is 4.40. The molecule has 0 spiro atoms. The summed E-state index contributed by atoms with van der Waals surface area (Å²) in [5.74, 6) is 0.0178. The summed E-state index contributed by atoms with van der Waals surface area (Å²) in [5, 5.41) is 9.75. The van der Waals surface area contributed by atoms with Crippen LogP contribution in [-0.2, 0) is 14.3 Å². The van der Waals surface area contributed by atoms with Crippen molar-refractivity contribution in [3.05, 3.63) is 23.8 Å². The number of carboxylic acids is 1. The lowest BCUT2D eigenvalue weighted by Crippen LogP contribution is -2.45. The largest absolute Gasteiger partial charge is 0.497 e. The number of hydrogen-bond donors (Lipinski definition) is 1. The molecule has 8 heteroatoms. The first-order valence-electron chi connectivity index (χ1n) is 9.60. The predicted molar refractivity (Wildman–Crippen MR) is 106 cm³/mol. The van der Waals surface area contributed by atoms with Crippen molar-refractivity contribution in [3.63, 3.8) is 0 Å². The number of nitrogens with zero attached hydrogens (tertiary/aromatic N) is 1. The molecule has 162 valence electrons. The average molecular weight is 409 g/mol. The first-order chi connectivity index (χ1) is 13.5. The SMILES string of the molecule is COc1ccc(C2O[C@@H](C(=O)O)C(CC(C)C)N2C(=O)OC(C)(C)C)c(OC)c1. The third-order valence-electron chi connectivity index (χ3n) is 4.50. The molecule has 0 saturated carbocycles. The zero-order valence-corrected chi connectivity index (χ0v) is 18.1. The third kappa shape index (κ3) is 5.32. The molecule has 1 aliphatic heterocycles. The standard InChI is InChI=1S/C21H31NO7/c1-12(2)10-15-17(19(23)24)28-18(22(15)20(25)29-21(3,4)5)14-9-8-13(26-6)11-16(14)27-7/h8-9,11-12,15,17-18H,10H2,1-7H3,(H,23,24)/t15?,17-,18?/m1/s1. The molecule has 2 rings (SSSR count). The summed E-state index contributed by atoms with van der Waals surface area (Å²) in [7, 11) is 3.03. The molecule has 1 fully saturated rings. The van der Waals surface area contributed by atoms with E-state index in [4.69, 9.17) is 18.9 Å². The summed E-state index contributed by atoms with van der Waals surface area (Å²) in [4.78, 5) is 26.4. The molecule has 1 heterocycles. The van der Waals surface area contributed by atoms with Gasteiger partial charge in [0.1, 0.15) is 17.1 Å². The maximum Gasteiger partial charge on any atom is 0.413 e. The lowest BCUT2D eigenvalue weighted by atomic mass is 9.98. The molecule has 1 aliphatic rings. The second-order valence-corrected chi connectivity index (χ2v) is 8.44. The monoisotopic (exact) mass is 409 g/mol. The van der Waals surface area contributed by atoms with Crippen LogP contribution in [0.5, 0.6) is 11.5 Å². The number of carbonyl (C=O) groups excluding carboxylic acids is 1. The Hall–Kier alpha value is -2.48. The van der Waals surface area contributed by atoms with Crippen LogP contribution in [0.2, 0.25) is 0 Å². The maximum absolute atomic E-state index is 13.1. The van der Waals surface area contributed by atoms with Crippen molar-refractivity contribution in [1.82, 2.24) is 4.90 Å². The quantitative estimate of drug-likeness (QED) is 0.763. The molecule has 3 atom stereocenters. The Morgan fingerprint density at radius 1 is 1.21 bits per heavy atom. The molecule has 1 amide bonds. The van der Waals surface area contributed by atoms with Crippen molar-refractivity contribution in [2.24, 2.45) is 5.92 Å². The van der Waals surface area contributed by atoms with E-state index in [2.05, 4.69) is 0 Å². The summed E-state index contributed by atoms with van der Waals surface area (Å²) in [6.07, 6.45) is -2.32. The van der Waals surface area contributed by atoms with E-state index in [9.17, 15) is 14.7 Å². The van der Waals surface area contributed by atoms with Gasteiger partial charge in [-0.15, -0.1) is 0 Å². The smallest absolute Gasteiger partial charge is 0.413 e. The van der Waals surface area contributed by atoms with E-state index in [-0.39, 0.29) is 5.92 Å². The molecule has 1 aromatic rings. The van der Waals surface area contributed by atoms with E-state index in [1.54, 1.807) is 39.0 Å². The first-order valence-corrected chi connectivity index (χ1v) is 9.60. The molecule has 1 aromatic carbocycles. The highest BCUT2D eigenvalue weighted by Crippen LogP contribution is 2.42. The number of amides is 1. The van der Waals surface area contributed by atoms with Gasteiger partial charge >= 0.3 is 12.1 Å². The Kier molecular flexibility index (Phi) is 7.00. The Bertz CT molecular complexity index is 741. The molecule has 1 saturated heterocycles. The van der Waals surface area contributed by atoms with Crippen LogP contribution in [0.1, 0.15) is 52.8 Å². The van der Waals surface area contributed by atoms with Crippen LogP contribution < -0.4 is 9.47 Å². The van der Waals surface area contributed by atoms with Crippen LogP contribution in [-0.4, -0.2) is 54.0 Å². The van der Waals surface area contributed by atoms with Crippen molar-refractivity contribution in [3.8, 4) is 11.5 Å². The molecule has 0 bridgehead atoms. The van der Waals surface area contributed by atoms with Crippen molar-refractivity contribution in [1.29, 1.82) is 0 Å². The van der Waals surface area contributed by atoms with E-state index in [0.29, 0.717) is 23.5 Å². The lowest BCUT2D eigenvalue weighted by Gasteiger charge is -2.32. The minimum absolute atomic E-state index is 0.145. The second kappa shape index (κ2) is 8.90. The highest BCUT2D eigenvalue weighted by atomic mass is 16.6. The minimum atomic E-state index is -1.18. The van der Waals surface area contributed by atoms with Gasteiger partial charge in [-0.3, -0.25) is 4.90 Å².